The molecule has 0 radical (unpaired) electrons. The zero-order valence-electron chi connectivity index (χ0n) is 16.4. The largest absolute Gasteiger partial charge is 0.748 e. The summed E-state index contributed by atoms with van der Waals surface area (Å²) in [6, 6.07) is 10.3. The maximum Gasteiger partial charge on any atom is 0.0988 e. The van der Waals surface area contributed by atoms with Gasteiger partial charge >= 0.3 is 0 Å². The Morgan fingerprint density at radius 2 is 1.27 bits per heavy atom. The highest BCUT2D eigenvalue weighted by Crippen LogP contribution is 2.33. The molecule has 0 atom stereocenters. The van der Waals surface area contributed by atoms with Crippen LogP contribution in [0, 0.1) is 0 Å². The summed E-state index contributed by atoms with van der Waals surface area (Å²) in [4.78, 5) is 0. The number of hydrogen-bond donors (Lipinski definition) is 0. The van der Waals surface area contributed by atoms with Crippen molar-refractivity contribution in [1.82, 2.24) is 0 Å². The summed E-state index contributed by atoms with van der Waals surface area (Å²) < 4.78 is 32.1. The Morgan fingerprint density at radius 1 is 0.846 bits per heavy atom. The van der Waals surface area contributed by atoms with Gasteiger partial charge in [0.2, 0.25) is 0 Å². The molecular formula is C21H35NO3S. The standard InChI is InChI=1S/C14H28N.C7H8O3S/c1-15(2,13-9-5-3-6-10-13)14-11-7-4-8-12-14;8-11(9,10)6-7-4-2-1-3-5-7/h13-14H,3-12H2,1-2H3;1-5H,6H2,(H,8,9,10)/q+1;/p-1. The average molecular weight is 382 g/mol. The van der Waals surface area contributed by atoms with Crippen LogP contribution in [0.1, 0.15) is 69.8 Å². The summed E-state index contributed by atoms with van der Waals surface area (Å²) in [5.41, 5.74) is 0.530. The van der Waals surface area contributed by atoms with E-state index >= 15 is 0 Å². The van der Waals surface area contributed by atoms with Crippen molar-refractivity contribution in [2.24, 2.45) is 0 Å². The highest BCUT2D eigenvalue weighted by Gasteiger charge is 2.37. The Labute approximate surface area is 159 Å². The van der Waals surface area contributed by atoms with Crippen molar-refractivity contribution in [3.8, 4) is 0 Å². The summed E-state index contributed by atoms with van der Waals surface area (Å²) in [5.74, 6) is -0.423. The van der Waals surface area contributed by atoms with Crippen molar-refractivity contribution in [2.45, 2.75) is 82.0 Å². The molecule has 2 fully saturated rings. The monoisotopic (exact) mass is 381 g/mol. The normalized spacial score (nSPS) is 20.3. The van der Waals surface area contributed by atoms with Crippen LogP contribution in [-0.4, -0.2) is 43.6 Å². The molecule has 4 nitrogen and oxygen atoms in total. The van der Waals surface area contributed by atoms with Gasteiger partial charge in [0, 0.05) is 0 Å². The second-order valence-electron chi connectivity index (χ2n) is 8.40. The van der Waals surface area contributed by atoms with Gasteiger partial charge in [-0.05, 0) is 56.9 Å². The van der Waals surface area contributed by atoms with Crippen LogP contribution in [0.2, 0.25) is 0 Å². The summed E-state index contributed by atoms with van der Waals surface area (Å²) in [6.45, 7) is 0. The van der Waals surface area contributed by atoms with Gasteiger partial charge in [0.25, 0.3) is 0 Å². The van der Waals surface area contributed by atoms with Crippen molar-refractivity contribution in [1.29, 1.82) is 0 Å². The van der Waals surface area contributed by atoms with Gasteiger partial charge in [-0.1, -0.05) is 43.2 Å². The molecule has 1 aromatic carbocycles. The van der Waals surface area contributed by atoms with Crippen molar-refractivity contribution in [3.05, 3.63) is 35.9 Å². The molecule has 3 rings (SSSR count). The lowest BCUT2D eigenvalue weighted by molar-refractivity contribution is -0.941. The molecule has 2 saturated carbocycles. The first-order valence-corrected chi connectivity index (χ1v) is 11.7. The van der Waals surface area contributed by atoms with Crippen LogP contribution < -0.4 is 0 Å². The van der Waals surface area contributed by atoms with Crippen LogP contribution in [-0.2, 0) is 15.9 Å². The number of nitrogens with zero attached hydrogens (tertiary/aromatic N) is 1. The highest BCUT2D eigenvalue weighted by molar-refractivity contribution is 7.84. The Balaban J connectivity index is 0.000000197. The minimum Gasteiger partial charge on any atom is -0.748 e. The lowest BCUT2D eigenvalue weighted by Gasteiger charge is -2.47. The second-order valence-corrected chi connectivity index (χ2v) is 9.80. The third-order valence-electron chi connectivity index (χ3n) is 6.22. The van der Waals surface area contributed by atoms with Gasteiger partial charge < -0.3 is 9.04 Å². The van der Waals surface area contributed by atoms with Gasteiger partial charge in [-0.2, -0.15) is 0 Å². The Morgan fingerprint density at radius 3 is 1.65 bits per heavy atom. The SMILES string of the molecule is C[N+](C)(C1CCCCC1)C1CCCCC1.O=S(=O)([O-])Cc1ccccc1. The van der Waals surface area contributed by atoms with E-state index in [1.165, 1.54) is 68.7 Å². The Bertz CT molecular complexity index is 596. The summed E-state index contributed by atoms with van der Waals surface area (Å²) in [7, 11) is 0.885. The predicted molar refractivity (Wildman–Crippen MR) is 106 cm³/mol. The molecule has 0 bridgehead atoms. The first-order chi connectivity index (χ1) is 12.3. The molecule has 2 aliphatic carbocycles. The van der Waals surface area contributed by atoms with Gasteiger partial charge in [0.1, 0.15) is 0 Å². The second kappa shape index (κ2) is 9.86. The first kappa shape index (κ1) is 21.4. The van der Waals surface area contributed by atoms with E-state index in [1.54, 1.807) is 30.3 Å². The van der Waals surface area contributed by atoms with E-state index in [0.29, 0.717) is 5.56 Å². The summed E-state index contributed by atoms with van der Waals surface area (Å²) >= 11 is 0. The fourth-order valence-corrected chi connectivity index (χ4v) is 5.17. The first-order valence-electron chi connectivity index (χ1n) is 10.1. The van der Waals surface area contributed by atoms with Gasteiger partial charge in [-0.15, -0.1) is 0 Å². The minimum absolute atomic E-state index is 0.423. The smallest absolute Gasteiger partial charge is 0.0988 e. The quantitative estimate of drug-likeness (QED) is 0.571. The molecule has 0 unspecified atom stereocenters. The van der Waals surface area contributed by atoms with E-state index in [2.05, 4.69) is 14.1 Å². The van der Waals surface area contributed by atoms with Crippen LogP contribution in [0.25, 0.3) is 0 Å². The number of benzene rings is 1. The average Bonchev–Trinajstić information content (AvgIpc) is 2.63. The van der Waals surface area contributed by atoms with E-state index < -0.39 is 15.9 Å². The number of hydrogen-bond acceptors (Lipinski definition) is 3. The molecule has 148 valence electrons. The van der Waals surface area contributed by atoms with Gasteiger partial charge in [-0.25, -0.2) is 8.42 Å². The van der Waals surface area contributed by atoms with Crippen molar-refractivity contribution in [3.63, 3.8) is 0 Å². The fourth-order valence-electron chi connectivity index (χ4n) is 4.57. The number of rotatable bonds is 4. The Hall–Kier alpha value is -0.910. The molecule has 1 aromatic rings. The van der Waals surface area contributed by atoms with E-state index in [0.717, 1.165) is 12.1 Å². The molecule has 0 saturated heterocycles. The zero-order chi connectivity index (χ0) is 19.0. The number of quaternary nitrogens is 1. The van der Waals surface area contributed by atoms with Crippen molar-refractivity contribution in [2.75, 3.05) is 14.1 Å². The van der Waals surface area contributed by atoms with E-state index in [1.807, 2.05) is 0 Å². The van der Waals surface area contributed by atoms with E-state index in [9.17, 15) is 13.0 Å². The van der Waals surface area contributed by atoms with Gasteiger partial charge in [0.15, 0.2) is 0 Å². The van der Waals surface area contributed by atoms with Crippen molar-refractivity contribution >= 4 is 10.1 Å². The van der Waals surface area contributed by atoms with Crippen molar-refractivity contribution < 1.29 is 17.5 Å². The van der Waals surface area contributed by atoms with Crippen LogP contribution in [0.3, 0.4) is 0 Å². The summed E-state index contributed by atoms with van der Waals surface area (Å²) in [5, 5.41) is 0. The molecular weight excluding hydrogens is 346 g/mol. The lowest BCUT2D eigenvalue weighted by Crippen LogP contribution is -2.56. The lowest BCUT2D eigenvalue weighted by atomic mass is 9.87. The molecule has 2 aliphatic rings. The summed E-state index contributed by atoms with van der Waals surface area (Å²) in [6.07, 6.45) is 14.9. The van der Waals surface area contributed by atoms with Crippen LogP contribution >= 0.6 is 0 Å². The molecule has 0 aromatic heterocycles. The molecule has 26 heavy (non-hydrogen) atoms. The topological polar surface area (TPSA) is 57.2 Å². The Kier molecular flexibility index (Phi) is 8.11. The van der Waals surface area contributed by atoms with E-state index in [-0.39, 0.29) is 0 Å². The van der Waals surface area contributed by atoms with Gasteiger partial charge in [-0.3, -0.25) is 0 Å². The predicted octanol–water partition coefficient (Wildman–Crippen LogP) is 4.46. The maximum absolute atomic E-state index is 10.2. The third kappa shape index (κ3) is 7.01. The fraction of sp³-hybridized carbons (Fsp3) is 0.714. The van der Waals surface area contributed by atoms with Crippen LogP contribution in [0.15, 0.2) is 30.3 Å². The molecule has 0 heterocycles. The maximum atomic E-state index is 10.2. The van der Waals surface area contributed by atoms with Crippen LogP contribution in [0.4, 0.5) is 0 Å². The highest BCUT2D eigenvalue weighted by atomic mass is 32.2. The molecule has 0 amide bonds. The minimum atomic E-state index is -4.13. The third-order valence-corrected chi connectivity index (χ3v) is 6.90. The molecule has 5 heteroatoms. The van der Waals surface area contributed by atoms with Gasteiger partial charge in [0.05, 0.1) is 42.1 Å². The molecule has 0 spiro atoms. The molecule has 0 aliphatic heterocycles. The zero-order valence-corrected chi connectivity index (χ0v) is 17.2. The van der Waals surface area contributed by atoms with Crippen LogP contribution in [0.5, 0.6) is 0 Å². The molecule has 0 N–H and O–H groups in total. The van der Waals surface area contributed by atoms with E-state index in [4.69, 9.17) is 0 Å².